The van der Waals surface area contributed by atoms with E-state index in [1.54, 1.807) is 43.3 Å². The van der Waals surface area contributed by atoms with Crippen LogP contribution in [-0.4, -0.2) is 22.0 Å². The number of ether oxygens (including phenoxy) is 1. The van der Waals surface area contributed by atoms with Crippen molar-refractivity contribution in [2.24, 2.45) is 0 Å². The maximum Gasteiger partial charge on any atom is 0.274 e. The molecule has 0 aliphatic carbocycles. The molecular formula is C19H21N3O4S. The van der Waals surface area contributed by atoms with E-state index in [4.69, 9.17) is 17.0 Å². The highest BCUT2D eigenvalue weighted by Crippen LogP contribution is 2.25. The first kappa shape index (κ1) is 20.3. The Balaban J connectivity index is 2.06. The van der Waals surface area contributed by atoms with Gasteiger partial charge in [0.05, 0.1) is 22.3 Å². The molecule has 8 heteroatoms. The van der Waals surface area contributed by atoms with Crippen molar-refractivity contribution in [1.29, 1.82) is 0 Å². The molecule has 7 nitrogen and oxygen atoms in total. The Morgan fingerprint density at radius 1 is 1.30 bits per heavy atom. The van der Waals surface area contributed by atoms with Crippen molar-refractivity contribution in [2.75, 3.05) is 5.32 Å². The van der Waals surface area contributed by atoms with Gasteiger partial charge in [0.15, 0.2) is 5.11 Å². The number of nitrogens with zero attached hydrogens (tertiary/aromatic N) is 1. The zero-order valence-corrected chi connectivity index (χ0v) is 16.1. The van der Waals surface area contributed by atoms with E-state index in [2.05, 4.69) is 10.6 Å². The zero-order valence-electron chi connectivity index (χ0n) is 15.3. The first-order chi connectivity index (χ1) is 12.8. The highest BCUT2D eigenvalue weighted by Gasteiger charge is 2.15. The lowest BCUT2D eigenvalue weighted by molar-refractivity contribution is -0.385. The minimum absolute atomic E-state index is 0.0241. The lowest BCUT2D eigenvalue weighted by atomic mass is 10.1. The molecule has 0 saturated carbocycles. The summed E-state index contributed by atoms with van der Waals surface area (Å²) in [5, 5.41) is 16.5. The number of carbonyl (C=O) groups is 1. The minimum atomic E-state index is -0.467. The van der Waals surface area contributed by atoms with Crippen LogP contribution in [0.4, 0.5) is 11.4 Å². The zero-order chi connectivity index (χ0) is 20.0. The van der Waals surface area contributed by atoms with Crippen molar-refractivity contribution in [3.8, 4) is 5.75 Å². The molecule has 0 saturated heterocycles. The molecule has 0 aliphatic heterocycles. The Bertz CT molecular complexity index is 870. The van der Waals surface area contributed by atoms with Gasteiger partial charge < -0.3 is 10.1 Å². The van der Waals surface area contributed by atoms with Gasteiger partial charge in [0, 0.05) is 11.6 Å². The van der Waals surface area contributed by atoms with Crippen LogP contribution in [0.15, 0.2) is 42.5 Å². The van der Waals surface area contributed by atoms with Gasteiger partial charge in [-0.05, 0) is 56.8 Å². The summed E-state index contributed by atoms with van der Waals surface area (Å²) < 4.78 is 5.71. The summed E-state index contributed by atoms with van der Waals surface area (Å²) >= 11 is 5.16. The third kappa shape index (κ3) is 5.49. The SMILES string of the molecule is CCC(C)Oc1cccc(C(=O)NC(=S)Nc2cccc([N+](=O)[O-])c2C)c1. The highest BCUT2D eigenvalue weighted by molar-refractivity contribution is 7.80. The number of carbonyl (C=O) groups excluding carboxylic acids is 1. The molecule has 1 unspecified atom stereocenters. The maximum atomic E-state index is 12.4. The van der Waals surface area contributed by atoms with Crippen LogP contribution in [0.5, 0.6) is 5.75 Å². The molecule has 2 aromatic rings. The average Bonchev–Trinajstić information content (AvgIpc) is 2.63. The van der Waals surface area contributed by atoms with Crippen molar-refractivity contribution in [2.45, 2.75) is 33.3 Å². The van der Waals surface area contributed by atoms with E-state index in [1.165, 1.54) is 6.07 Å². The Labute approximate surface area is 162 Å². The summed E-state index contributed by atoms with van der Waals surface area (Å²) in [7, 11) is 0. The van der Waals surface area contributed by atoms with E-state index in [0.29, 0.717) is 22.6 Å². The molecule has 1 amide bonds. The summed E-state index contributed by atoms with van der Waals surface area (Å²) in [5.41, 5.74) is 1.27. The van der Waals surface area contributed by atoms with Crippen molar-refractivity contribution in [3.63, 3.8) is 0 Å². The number of amides is 1. The topological polar surface area (TPSA) is 93.5 Å². The molecule has 0 fully saturated rings. The number of nitrogens with one attached hydrogen (secondary N) is 2. The van der Waals surface area contributed by atoms with Gasteiger partial charge in [-0.1, -0.05) is 19.1 Å². The molecule has 0 heterocycles. The first-order valence-electron chi connectivity index (χ1n) is 8.44. The quantitative estimate of drug-likeness (QED) is 0.438. The van der Waals surface area contributed by atoms with Crippen LogP contribution in [-0.2, 0) is 0 Å². The predicted octanol–water partition coefficient (Wildman–Crippen LogP) is 4.21. The van der Waals surface area contributed by atoms with E-state index in [1.807, 2.05) is 13.8 Å². The second-order valence-electron chi connectivity index (χ2n) is 5.98. The Kier molecular flexibility index (Phi) is 6.84. The molecule has 0 radical (unpaired) electrons. The largest absolute Gasteiger partial charge is 0.491 e. The van der Waals surface area contributed by atoms with Crippen molar-refractivity contribution in [1.82, 2.24) is 5.32 Å². The molecular weight excluding hydrogens is 366 g/mol. The average molecular weight is 387 g/mol. The van der Waals surface area contributed by atoms with E-state index in [-0.39, 0.29) is 16.9 Å². The van der Waals surface area contributed by atoms with Crippen LogP contribution in [0, 0.1) is 17.0 Å². The van der Waals surface area contributed by atoms with Crippen LogP contribution in [0.2, 0.25) is 0 Å². The maximum absolute atomic E-state index is 12.4. The van der Waals surface area contributed by atoms with Gasteiger partial charge in [0.1, 0.15) is 5.75 Å². The lowest BCUT2D eigenvalue weighted by Crippen LogP contribution is -2.34. The van der Waals surface area contributed by atoms with Gasteiger partial charge in [-0.2, -0.15) is 0 Å². The summed E-state index contributed by atoms with van der Waals surface area (Å²) in [6, 6.07) is 11.4. The number of nitro groups is 1. The fourth-order valence-corrected chi connectivity index (χ4v) is 2.51. The van der Waals surface area contributed by atoms with Crippen molar-refractivity contribution in [3.05, 3.63) is 63.7 Å². The molecule has 0 aromatic heterocycles. The van der Waals surface area contributed by atoms with Crippen LogP contribution in [0.3, 0.4) is 0 Å². The third-order valence-electron chi connectivity index (χ3n) is 3.99. The number of hydrogen-bond donors (Lipinski definition) is 2. The van der Waals surface area contributed by atoms with E-state index >= 15 is 0 Å². The highest BCUT2D eigenvalue weighted by atomic mass is 32.1. The van der Waals surface area contributed by atoms with E-state index < -0.39 is 10.8 Å². The summed E-state index contributed by atoms with van der Waals surface area (Å²) in [6.07, 6.45) is 0.899. The monoisotopic (exact) mass is 387 g/mol. The fraction of sp³-hybridized carbons (Fsp3) is 0.263. The molecule has 0 spiro atoms. The molecule has 0 bridgehead atoms. The number of anilines is 1. The van der Waals surface area contributed by atoms with Gasteiger partial charge in [-0.15, -0.1) is 0 Å². The molecule has 27 heavy (non-hydrogen) atoms. The number of thiocarbonyl (C=S) groups is 1. The van der Waals surface area contributed by atoms with Crippen LogP contribution in [0.1, 0.15) is 36.2 Å². The standard InChI is InChI=1S/C19H21N3O4S/c1-4-12(2)26-15-8-5-7-14(11-15)18(23)21-19(27)20-16-9-6-10-17(13(16)3)22(24)25/h5-12H,4H2,1-3H3,(H2,20,21,23,27). The number of hydrogen-bond acceptors (Lipinski definition) is 5. The van der Waals surface area contributed by atoms with Crippen molar-refractivity contribution < 1.29 is 14.5 Å². The van der Waals surface area contributed by atoms with Gasteiger partial charge in [0.2, 0.25) is 0 Å². The molecule has 1 atom stereocenters. The summed E-state index contributed by atoms with van der Waals surface area (Å²) in [5.74, 6) is 0.204. The van der Waals surface area contributed by atoms with Gasteiger partial charge in [-0.3, -0.25) is 20.2 Å². The van der Waals surface area contributed by atoms with E-state index in [0.717, 1.165) is 6.42 Å². The molecule has 2 aromatic carbocycles. The lowest BCUT2D eigenvalue weighted by Gasteiger charge is -2.14. The number of nitro benzene ring substituents is 1. The summed E-state index contributed by atoms with van der Waals surface area (Å²) in [6.45, 7) is 5.58. The van der Waals surface area contributed by atoms with Crippen molar-refractivity contribution >= 4 is 34.6 Å². The third-order valence-corrected chi connectivity index (χ3v) is 4.19. The first-order valence-corrected chi connectivity index (χ1v) is 8.85. The number of rotatable bonds is 6. The second kappa shape index (κ2) is 9.09. The second-order valence-corrected chi connectivity index (χ2v) is 6.39. The van der Waals surface area contributed by atoms with Gasteiger partial charge in [0.25, 0.3) is 11.6 Å². The Morgan fingerprint density at radius 3 is 2.67 bits per heavy atom. The Hall–Kier alpha value is -3.00. The molecule has 142 valence electrons. The Morgan fingerprint density at radius 2 is 2.00 bits per heavy atom. The van der Waals surface area contributed by atoms with Gasteiger partial charge >= 0.3 is 0 Å². The summed E-state index contributed by atoms with van der Waals surface area (Å²) in [4.78, 5) is 23.0. The molecule has 2 N–H and O–H groups in total. The normalized spacial score (nSPS) is 11.4. The van der Waals surface area contributed by atoms with Crippen LogP contribution in [0.25, 0.3) is 0 Å². The van der Waals surface area contributed by atoms with Gasteiger partial charge in [-0.25, -0.2) is 0 Å². The number of benzene rings is 2. The minimum Gasteiger partial charge on any atom is -0.491 e. The molecule has 2 rings (SSSR count). The smallest absolute Gasteiger partial charge is 0.274 e. The van der Waals surface area contributed by atoms with Crippen LogP contribution < -0.4 is 15.4 Å². The fourth-order valence-electron chi connectivity index (χ4n) is 2.31. The molecule has 0 aliphatic rings. The predicted molar refractivity (Wildman–Crippen MR) is 108 cm³/mol. The van der Waals surface area contributed by atoms with Crippen LogP contribution >= 0.6 is 12.2 Å². The van der Waals surface area contributed by atoms with E-state index in [9.17, 15) is 14.9 Å².